The van der Waals surface area contributed by atoms with Crippen LogP contribution in [0, 0.1) is 0 Å². The van der Waals surface area contributed by atoms with E-state index >= 15 is 0 Å². The zero-order chi connectivity index (χ0) is 18.6. The van der Waals surface area contributed by atoms with E-state index in [1.54, 1.807) is 0 Å². The molecular formula is C21H29N3O3. The molecule has 2 fully saturated rings. The standard InChI is InChI=1S/C21H29N3O3/c25-20(23-9-5-1-2-6-10-23)16-22-11-13-24(14-12-22)21(26)19-15-17-7-3-4-8-18(17)27-19/h3-4,7-8,19H,1-2,5-6,9-16H2. The van der Waals surface area contributed by atoms with Gasteiger partial charge in [0.05, 0.1) is 6.54 Å². The third-order valence-corrected chi connectivity index (χ3v) is 5.92. The lowest BCUT2D eigenvalue weighted by atomic mass is 10.1. The maximum absolute atomic E-state index is 12.8. The molecule has 0 aliphatic carbocycles. The number of hydrogen-bond donors (Lipinski definition) is 0. The summed E-state index contributed by atoms with van der Waals surface area (Å²) < 4.78 is 5.84. The quantitative estimate of drug-likeness (QED) is 0.809. The number of carbonyl (C=O) groups is 2. The van der Waals surface area contributed by atoms with Crippen LogP contribution >= 0.6 is 0 Å². The fourth-order valence-electron chi connectivity index (χ4n) is 4.26. The molecule has 0 aromatic heterocycles. The predicted octanol–water partition coefficient (Wildman–Crippen LogP) is 1.54. The summed E-state index contributed by atoms with van der Waals surface area (Å²) in [6, 6.07) is 7.87. The number of hydrogen-bond acceptors (Lipinski definition) is 4. The number of carbonyl (C=O) groups excluding carboxylic acids is 2. The van der Waals surface area contributed by atoms with Gasteiger partial charge in [-0.15, -0.1) is 0 Å². The SMILES string of the molecule is O=C(CN1CCN(C(=O)C2Cc3ccccc3O2)CC1)N1CCCCCC1. The third-order valence-electron chi connectivity index (χ3n) is 5.92. The number of fused-ring (bicyclic) bond motifs is 1. The van der Waals surface area contributed by atoms with Crippen molar-refractivity contribution in [2.24, 2.45) is 0 Å². The van der Waals surface area contributed by atoms with Gasteiger partial charge in [0.2, 0.25) is 5.91 Å². The molecule has 6 heteroatoms. The lowest BCUT2D eigenvalue weighted by molar-refractivity contribution is -0.140. The van der Waals surface area contributed by atoms with Gasteiger partial charge in [0, 0.05) is 45.7 Å². The van der Waals surface area contributed by atoms with Crippen molar-refractivity contribution in [2.45, 2.75) is 38.2 Å². The highest BCUT2D eigenvalue weighted by molar-refractivity contribution is 5.83. The van der Waals surface area contributed by atoms with Gasteiger partial charge in [-0.05, 0) is 24.5 Å². The smallest absolute Gasteiger partial charge is 0.264 e. The Balaban J connectivity index is 1.24. The summed E-state index contributed by atoms with van der Waals surface area (Å²) in [6.45, 7) is 5.13. The minimum absolute atomic E-state index is 0.0738. The first-order chi connectivity index (χ1) is 13.2. The van der Waals surface area contributed by atoms with E-state index in [1.807, 2.05) is 34.1 Å². The number of nitrogens with zero attached hydrogens (tertiary/aromatic N) is 3. The first-order valence-corrected chi connectivity index (χ1v) is 10.2. The van der Waals surface area contributed by atoms with Crippen LogP contribution in [0.4, 0.5) is 0 Å². The van der Waals surface area contributed by atoms with Gasteiger partial charge in [-0.25, -0.2) is 0 Å². The van der Waals surface area contributed by atoms with Crippen molar-refractivity contribution in [1.29, 1.82) is 0 Å². The number of ether oxygens (including phenoxy) is 1. The summed E-state index contributed by atoms with van der Waals surface area (Å²) in [5.41, 5.74) is 1.11. The van der Waals surface area contributed by atoms with Crippen LogP contribution in [0.5, 0.6) is 5.75 Å². The Labute approximate surface area is 161 Å². The number of amides is 2. The lowest BCUT2D eigenvalue weighted by Gasteiger charge is -2.36. The lowest BCUT2D eigenvalue weighted by Crippen LogP contribution is -2.54. The summed E-state index contributed by atoms with van der Waals surface area (Å²) >= 11 is 0. The minimum atomic E-state index is -0.396. The molecule has 2 amide bonds. The molecule has 0 N–H and O–H groups in total. The Kier molecular flexibility index (Phi) is 5.62. The van der Waals surface area contributed by atoms with Crippen LogP contribution in [0.15, 0.2) is 24.3 Å². The molecule has 1 atom stereocenters. The third kappa shape index (κ3) is 4.26. The molecule has 1 unspecified atom stereocenters. The van der Waals surface area contributed by atoms with Gasteiger partial charge < -0.3 is 14.5 Å². The predicted molar refractivity (Wildman–Crippen MR) is 103 cm³/mol. The summed E-state index contributed by atoms with van der Waals surface area (Å²) in [4.78, 5) is 31.4. The van der Waals surface area contributed by atoms with Crippen LogP contribution < -0.4 is 4.74 Å². The van der Waals surface area contributed by atoms with E-state index in [0.717, 1.165) is 50.3 Å². The van der Waals surface area contributed by atoms with Gasteiger partial charge in [-0.2, -0.15) is 0 Å². The second kappa shape index (κ2) is 8.30. The summed E-state index contributed by atoms with van der Waals surface area (Å²) in [5, 5.41) is 0. The molecule has 1 aromatic carbocycles. The van der Waals surface area contributed by atoms with Crippen molar-refractivity contribution in [2.75, 3.05) is 45.8 Å². The molecular weight excluding hydrogens is 342 g/mol. The molecule has 27 heavy (non-hydrogen) atoms. The summed E-state index contributed by atoms with van der Waals surface area (Å²) in [5.74, 6) is 1.15. The van der Waals surface area contributed by atoms with E-state index in [9.17, 15) is 9.59 Å². The normalized spacial score (nSPS) is 23.5. The van der Waals surface area contributed by atoms with Crippen LogP contribution in [0.1, 0.15) is 31.2 Å². The minimum Gasteiger partial charge on any atom is -0.480 e. The molecule has 0 saturated carbocycles. The average molecular weight is 371 g/mol. The molecule has 4 rings (SSSR count). The van der Waals surface area contributed by atoms with Crippen LogP contribution in [0.3, 0.4) is 0 Å². The molecule has 1 aromatic rings. The Hall–Kier alpha value is -2.08. The van der Waals surface area contributed by atoms with Gasteiger partial charge in [0.1, 0.15) is 5.75 Å². The molecule has 3 aliphatic heterocycles. The molecule has 146 valence electrons. The van der Waals surface area contributed by atoms with Crippen molar-refractivity contribution in [3.05, 3.63) is 29.8 Å². The molecule has 0 bridgehead atoms. The van der Waals surface area contributed by atoms with Gasteiger partial charge in [-0.3, -0.25) is 14.5 Å². The Morgan fingerprint density at radius 1 is 0.889 bits per heavy atom. The molecule has 3 heterocycles. The zero-order valence-corrected chi connectivity index (χ0v) is 15.9. The first-order valence-electron chi connectivity index (χ1n) is 10.2. The Bertz CT molecular complexity index is 652. The van der Waals surface area contributed by atoms with Crippen molar-refractivity contribution in [3.63, 3.8) is 0 Å². The topological polar surface area (TPSA) is 53.1 Å². The maximum atomic E-state index is 12.8. The largest absolute Gasteiger partial charge is 0.480 e. The van der Waals surface area contributed by atoms with E-state index in [4.69, 9.17) is 4.74 Å². The van der Waals surface area contributed by atoms with Gasteiger partial charge in [-0.1, -0.05) is 31.0 Å². The monoisotopic (exact) mass is 371 g/mol. The van der Waals surface area contributed by atoms with Crippen molar-refractivity contribution >= 4 is 11.8 Å². The molecule has 6 nitrogen and oxygen atoms in total. The van der Waals surface area contributed by atoms with E-state index in [1.165, 1.54) is 12.8 Å². The maximum Gasteiger partial charge on any atom is 0.264 e. The van der Waals surface area contributed by atoms with Crippen LogP contribution in [-0.2, 0) is 16.0 Å². The van der Waals surface area contributed by atoms with Crippen LogP contribution in [-0.4, -0.2) is 78.4 Å². The number of likely N-dealkylation sites (tertiary alicyclic amines) is 1. The number of rotatable bonds is 3. The Morgan fingerprint density at radius 2 is 1.59 bits per heavy atom. The Morgan fingerprint density at radius 3 is 2.30 bits per heavy atom. The molecule has 3 aliphatic rings. The summed E-state index contributed by atoms with van der Waals surface area (Å²) in [7, 11) is 0. The van der Waals surface area contributed by atoms with Gasteiger partial charge >= 0.3 is 0 Å². The second-order valence-electron chi connectivity index (χ2n) is 7.81. The molecule has 0 spiro atoms. The van der Waals surface area contributed by atoms with Gasteiger partial charge in [0.25, 0.3) is 5.91 Å². The van der Waals surface area contributed by atoms with E-state index < -0.39 is 6.10 Å². The van der Waals surface area contributed by atoms with Crippen molar-refractivity contribution < 1.29 is 14.3 Å². The number of para-hydroxylation sites is 1. The number of piperazine rings is 1. The molecule has 2 saturated heterocycles. The summed E-state index contributed by atoms with van der Waals surface area (Å²) in [6.07, 6.45) is 4.97. The fraction of sp³-hybridized carbons (Fsp3) is 0.619. The first kappa shape index (κ1) is 18.3. The van der Waals surface area contributed by atoms with Gasteiger partial charge in [0.15, 0.2) is 6.10 Å². The van der Waals surface area contributed by atoms with Crippen molar-refractivity contribution in [3.8, 4) is 5.75 Å². The number of benzene rings is 1. The highest BCUT2D eigenvalue weighted by Crippen LogP contribution is 2.29. The average Bonchev–Trinajstić information content (AvgIpc) is 2.94. The van der Waals surface area contributed by atoms with Crippen LogP contribution in [0.25, 0.3) is 0 Å². The van der Waals surface area contributed by atoms with Crippen molar-refractivity contribution in [1.82, 2.24) is 14.7 Å². The van der Waals surface area contributed by atoms with Crippen LogP contribution in [0.2, 0.25) is 0 Å². The second-order valence-corrected chi connectivity index (χ2v) is 7.81. The highest BCUT2D eigenvalue weighted by Gasteiger charge is 2.34. The van der Waals surface area contributed by atoms with E-state index in [2.05, 4.69) is 4.90 Å². The highest BCUT2D eigenvalue weighted by atomic mass is 16.5. The van der Waals surface area contributed by atoms with E-state index in [0.29, 0.717) is 26.1 Å². The zero-order valence-electron chi connectivity index (χ0n) is 15.9. The fourth-order valence-corrected chi connectivity index (χ4v) is 4.26. The molecule has 0 radical (unpaired) electrons. The van der Waals surface area contributed by atoms with E-state index in [-0.39, 0.29) is 11.8 Å².